The van der Waals surface area contributed by atoms with Crippen LogP contribution in [0.25, 0.3) is 12.2 Å². The number of thiophene rings is 1. The molecule has 0 atom stereocenters. The molecule has 0 saturated heterocycles. The van der Waals surface area contributed by atoms with Crippen LogP contribution in [0.4, 0.5) is 5.00 Å². The van der Waals surface area contributed by atoms with Gasteiger partial charge in [0.2, 0.25) is 5.91 Å². The molecular formula is C20H19ClN2O2S. The van der Waals surface area contributed by atoms with Crippen molar-refractivity contribution in [1.29, 1.82) is 5.26 Å². The zero-order valence-electron chi connectivity index (χ0n) is 14.9. The van der Waals surface area contributed by atoms with Gasteiger partial charge in [0.25, 0.3) is 0 Å². The molecule has 0 unspecified atom stereocenters. The van der Waals surface area contributed by atoms with Crippen LogP contribution in [0.5, 0.6) is 0 Å². The third-order valence-corrected chi connectivity index (χ3v) is 5.97. The predicted molar refractivity (Wildman–Crippen MR) is 106 cm³/mol. The van der Waals surface area contributed by atoms with Crippen LogP contribution in [0.15, 0.2) is 28.2 Å². The van der Waals surface area contributed by atoms with Crippen molar-refractivity contribution in [2.75, 3.05) is 11.2 Å². The van der Waals surface area contributed by atoms with Gasteiger partial charge in [-0.3, -0.25) is 4.79 Å². The first-order valence-corrected chi connectivity index (χ1v) is 9.57. The number of nitriles is 1. The fourth-order valence-electron chi connectivity index (χ4n) is 3.11. The van der Waals surface area contributed by atoms with Crippen molar-refractivity contribution in [2.45, 2.75) is 32.6 Å². The van der Waals surface area contributed by atoms with E-state index in [1.54, 1.807) is 0 Å². The van der Waals surface area contributed by atoms with Gasteiger partial charge >= 0.3 is 0 Å². The Morgan fingerprint density at radius 3 is 2.85 bits per heavy atom. The predicted octanol–water partition coefficient (Wildman–Crippen LogP) is 5.48. The van der Waals surface area contributed by atoms with E-state index in [-0.39, 0.29) is 17.2 Å². The summed E-state index contributed by atoms with van der Waals surface area (Å²) in [7, 11) is 0. The molecule has 0 radical (unpaired) electrons. The van der Waals surface area contributed by atoms with E-state index in [0.717, 1.165) is 34.0 Å². The number of hydrogen-bond acceptors (Lipinski definition) is 4. The zero-order chi connectivity index (χ0) is 18.9. The number of aryl methyl sites for hydroxylation is 1. The van der Waals surface area contributed by atoms with Crippen molar-refractivity contribution in [3.8, 4) is 6.07 Å². The number of rotatable bonds is 4. The Balaban J connectivity index is 2.01. The van der Waals surface area contributed by atoms with E-state index in [4.69, 9.17) is 16.0 Å². The van der Waals surface area contributed by atoms with Crippen molar-refractivity contribution in [2.24, 2.45) is 0 Å². The van der Waals surface area contributed by atoms with Crippen LogP contribution >= 0.6 is 22.9 Å². The molecule has 1 aliphatic rings. The number of anilines is 1. The third-order valence-electron chi connectivity index (χ3n) is 4.24. The van der Waals surface area contributed by atoms with Crippen molar-refractivity contribution < 1.29 is 9.21 Å². The Labute approximate surface area is 161 Å². The van der Waals surface area contributed by atoms with Crippen LogP contribution in [-0.2, 0) is 10.2 Å². The Morgan fingerprint density at radius 1 is 1.46 bits per heavy atom. The molecule has 26 heavy (non-hydrogen) atoms. The molecule has 0 aromatic carbocycles. The number of halogens is 1. The van der Waals surface area contributed by atoms with Gasteiger partial charge in [-0.2, -0.15) is 5.26 Å². The van der Waals surface area contributed by atoms with Crippen LogP contribution in [0.1, 0.15) is 47.8 Å². The SMILES string of the molecule is Cc1ccc(/C=C/C2=Cc3c(sc(NC(=O)CCl)c3C#N)C(C)(C)C2)o1. The van der Waals surface area contributed by atoms with E-state index in [0.29, 0.717) is 10.6 Å². The molecule has 1 amide bonds. The van der Waals surface area contributed by atoms with Crippen molar-refractivity contribution in [1.82, 2.24) is 0 Å². The number of carbonyl (C=O) groups excluding carboxylic acids is 1. The molecule has 6 heteroatoms. The second-order valence-electron chi connectivity index (χ2n) is 6.90. The molecule has 0 fully saturated rings. The van der Waals surface area contributed by atoms with Gasteiger partial charge in [-0.05, 0) is 43.2 Å². The Kier molecular flexibility index (Phi) is 5.08. The minimum atomic E-state index is -0.308. The summed E-state index contributed by atoms with van der Waals surface area (Å²) in [6.07, 6.45) is 6.83. The summed E-state index contributed by atoms with van der Waals surface area (Å²) in [6.45, 7) is 6.21. The molecule has 1 aliphatic carbocycles. The maximum absolute atomic E-state index is 11.7. The molecule has 0 saturated carbocycles. The summed E-state index contributed by atoms with van der Waals surface area (Å²) in [4.78, 5) is 12.8. The highest BCUT2D eigenvalue weighted by molar-refractivity contribution is 7.17. The topological polar surface area (TPSA) is 66.0 Å². The second kappa shape index (κ2) is 7.14. The van der Waals surface area contributed by atoms with E-state index in [1.807, 2.05) is 37.3 Å². The molecule has 2 aromatic rings. The number of allylic oxidation sites excluding steroid dienone is 2. The molecule has 134 valence electrons. The van der Waals surface area contributed by atoms with Gasteiger partial charge in [0, 0.05) is 15.9 Å². The summed E-state index contributed by atoms with van der Waals surface area (Å²) in [5.41, 5.74) is 2.36. The lowest BCUT2D eigenvalue weighted by molar-refractivity contribution is -0.113. The normalized spacial score (nSPS) is 15.4. The number of carbonyl (C=O) groups is 1. The number of nitrogens with one attached hydrogen (secondary N) is 1. The zero-order valence-corrected chi connectivity index (χ0v) is 16.4. The van der Waals surface area contributed by atoms with E-state index >= 15 is 0 Å². The standard InChI is InChI=1S/C20H19ClN2O2S/c1-12-4-6-14(25-12)7-5-13-8-15-16(11-22)19(23-17(24)10-21)26-18(15)20(2,3)9-13/h4-8H,9-10H2,1-3H3,(H,23,24)/b7-5+. The van der Waals surface area contributed by atoms with Gasteiger partial charge in [0.05, 0.1) is 5.56 Å². The van der Waals surface area contributed by atoms with Gasteiger partial charge in [0.1, 0.15) is 28.5 Å². The van der Waals surface area contributed by atoms with Gasteiger partial charge in [-0.1, -0.05) is 19.9 Å². The van der Waals surface area contributed by atoms with Gasteiger partial charge < -0.3 is 9.73 Å². The van der Waals surface area contributed by atoms with Gasteiger partial charge in [0.15, 0.2) is 0 Å². The fourth-order valence-corrected chi connectivity index (χ4v) is 4.42. The number of alkyl halides is 1. The van der Waals surface area contributed by atoms with E-state index in [2.05, 4.69) is 25.2 Å². The first-order chi connectivity index (χ1) is 12.3. The molecule has 1 N–H and O–H groups in total. The molecule has 2 aromatic heterocycles. The van der Waals surface area contributed by atoms with E-state index < -0.39 is 0 Å². The van der Waals surface area contributed by atoms with Crippen LogP contribution in [0.2, 0.25) is 0 Å². The summed E-state index contributed by atoms with van der Waals surface area (Å²) >= 11 is 7.04. The summed E-state index contributed by atoms with van der Waals surface area (Å²) in [6, 6.07) is 6.09. The Morgan fingerprint density at radius 2 is 2.23 bits per heavy atom. The highest BCUT2D eigenvalue weighted by atomic mass is 35.5. The number of hydrogen-bond donors (Lipinski definition) is 1. The molecule has 0 aliphatic heterocycles. The molecular weight excluding hydrogens is 368 g/mol. The van der Waals surface area contributed by atoms with Crippen LogP contribution in [0, 0.1) is 18.3 Å². The third kappa shape index (κ3) is 3.62. The minimum absolute atomic E-state index is 0.136. The molecule has 0 spiro atoms. The summed E-state index contributed by atoms with van der Waals surface area (Å²) < 4.78 is 5.58. The van der Waals surface area contributed by atoms with Crippen molar-refractivity contribution in [3.63, 3.8) is 0 Å². The lowest BCUT2D eigenvalue weighted by Gasteiger charge is -2.29. The molecule has 3 rings (SSSR count). The Hall–Kier alpha value is -2.29. The smallest absolute Gasteiger partial charge is 0.239 e. The molecule has 4 nitrogen and oxygen atoms in total. The minimum Gasteiger partial charge on any atom is -0.462 e. The summed E-state index contributed by atoms with van der Waals surface area (Å²) in [5, 5.41) is 12.9. The maximum Gasteiger partial charge on any atom is 0.239 e. The van der Waals surface area contributed by atoms with Gasteiger partial charge in [-0.15, -0.1) is 22.9 Å². The number of fused-ring (bicyclic) bond motifs is 1. The fraction of sp³-hybridized carbons (Fsp3) is 0.300. The quantitative estimate of drug-likeness (QED) is 0.708. The average molecular weight is 387 g/mol. The highest BCUT2D eigenvalue weighted by Gasteiger charge is 2.33. The first-order valence-electron chi connectivity index (χ1n) is 8.22. The van der Waals surface area contributed by atoms with Crippen LogP contribution in [0.3, 0.4) is 0 Å². The Bertz CT molecular complexity index is 957. The van der Waals surface area contributed by atoms with Gasteiger partial charge in [-0.25, -0.2) is 0 Å². The average Bonchev–Trinajstić information content (AvgIpc) is 3.16. The van der Waals surface area contributed by atoms with Crippen LogP contribution in [-0.4, -0.2) is 11.8 Å². The highest BCUT2D eigenvalue weighted by Crippen LogP contribution is 2.47. The molecule has 2 heterocycles. The van der Waals surface area contributed by atoms with Crippen LogP contribution < -0.4 is 5.32 Å². The number of furan rings is 1. The number of nitrogens with zero attached hydrogens (tertiary/aromatic N) is 1. The van der Waals surface area contributed by atoms with Crippen molar-refractivity contribution in [3.05, 3.63) is 51.3 Å². The largest absolute Gasteiger partial charge is 0.462 e. The van der Waals surface area contributed by atoms with E-state index in [9.17, 15) is 10.1 Å². The molecule has 0 bridgehead atoms. The maximum atomic E-state index is 11.7. The summed E-state index contributed by atoms with van der Waals surface area (Å²) in [5.74, 6) is 1.22. The van der Waals surface area contributed by atoms with E-state index in [1.165, 1.54) is 11.3 Å². The van der Waals surface area contributed by atoms with Crippen molar-refractivity contribution >= 4 is 46.0 Å². The first kappa shape index (κ1) is 18.5. The lowest BCUT2D eigenvalue weighted by Crippen LogP contribution is -2.20. The lowest BCUT2D eigenvalue weighted by atomic mass is 9.77. The second-order valence-corrected chi connectivity index (χ2v) is 8.19. The number of amides is 1. The monoisotopic (exact) mass is 386 g/mol.